The summed E-state index contributed by atoms with van der Waals surface area (Å²) >= 11 is 6.25. The normalized spacial score (nSPS) is 25.3. The number of halogens is 1. The summed E-state index contributed by atoms with van der Waals surface area (Å²) in [6, 6.07) is 14.0. The highest BCUT2D eigenvalue weighted by Gasteiger charge is 2.56. The second-order valence-corrected chi connectivity index (χ2v) is 15.8. The molecule has 3 fully saturated rings. The SMILES string of the molecule is CCC[C@H](NC(=O)[C@@H]1C[C@]2(CC(c3cccc(Cl)c3)=NO2)CN1C(=O)[C@@H](NC(=O)[C@H]1CC1c1ccccc1)C(C)(C)C)C(=O)C(=O)NC1CC1. The first-order valence-corrected chi connectivity index (χ1v) is 18.0. The molecular weight excluding hydrogens is 658 g/mol. The number of rotatable bonds is 12. The van der Waals surface area contributed by atoms with E-state index < -0.39 is 52.6 Å². The van der Waals surface area contributed by atoms with E-state index in [4.69, 9.17) is 16.4 Å². The molecule has 2 heterocycles. The fourth-order valence-corrected chi connectivity index (χ4v) is 7.23. The first-order valence-electron chi connectivity index (χ1n) is 17.6. The van der Waals surface area contributed by atoms with Gasteiger partial charge in [-0.1, -0.05) is 93.3 Å². The maximum atomic E-state index is 14.6. The molecule has 3 N–H and O–H groups in total. The second kappa shape index (κ2) is 14.2. The topological polar surface area (TPSA) is 146 Å². The number of Topliss-reactive ketones (excluding diaryl/α,β-unsaturated/α-hetero) is 1. The number of hydrogen-bond donors (Lipinski definition) is 3. The number of amides is 4. The van der Waals surface area contributed by atoms with E-state index in [1.165, 1.54) is 4.90 Å². The van der Waals surface area contributed by atoms with Gasteiger partial charge in [-0.3, -0.25) is 24.0 Å². The molecule has 0 bridgehead atoms. The van der Waals surface area contributed by atoms with Gasteiger partial charge in [0, 0.05) is 35.4 Å². The molecule has 6 rings (SSSR count). The van der Waals surface area contributed by atoms with Crippen LogP contribution in [0.25, 0.3) is 0 Å². The zero-order chi connectivity index (χ0) is 35.8. The maximum absolute atomic E-state index is 14.6. The Balaban J connectivity index is 1.24. The Morgan fingerprint density at radius 3 is 2.42 bits per heavy atom. The van der Waals surface area contributed by atoms with E-state index in [0.29, 0.717) is 30.0 Å². The predicted octanol–water partition coefficient (Wildman–Crippen LogP) is 4.27. The van der Waals surface area contributed by atoms with Crippen molar-refractivity contribution < 1.29 is 28.8 Å². The molecule has 2 aliphatic carbocycles. The van der Waals surface area contributed by atoms with E-state index in [0.717, 1.165) is 24.0 Å². The minimum absolute atomic E-state index is 0.0106. The van der Waals surface area contributed by atoms with E-state index in [1.807, 2.05) is 70.2 Å². The van der Waals surface area contributed by atoms with Crippen LogP contribution in [0.5, 0.6) is 0 Å². The molecule has 4 aliphatic rings. The summed E-state index contributed by atoms with van der Waals surface area (Å²) in [5.74, 6) is -2.80. The molecule has 12 heteroatoms. The average Bonchev–Trinajstić information content (AvgIpc) is 4.00. The van der Waals surface area contributed by atoms with Gasteiger partial charge < -0.3 is 25.7 Å². The summed E-state index contributed by atoms with van der Waals surface area (Å²) in [5, 5.41) is 13.5. The number of hydrogen-bond acceptors (Lipinski definition) is 7. The molecule has 6 atom stereocenters. The smallest absolute Gasteiger partial charge is 0.289 e. The average molecular weight is 704 g/mol. The highest BCUT2D eigenvalue weighted by molar-refractivity contribution is 6.38. The van der Waals surface area contributed by atoms with Crippen LogP contribution in [-0.4, -0.2) is 76.3 Å². The number of nitrogens with one attached hydrogen (secondary N) is 3. The van der Waals surface area contributed by atoms with Gasteiger partial charge in [-0.2, -0.15) is 0 Å². The van der Waals surface area contributed by atoms with E-state index in [-0.39, 0.29) is 43.2 Å². The molecule has 0 aromatic heterocycles. The molecule has 0 radical (unpaired) electrons. The quantitative estimate of drug-likeness (QED) is 0.282. The zero-order valence-electron chi connectivity index (χ0n) is 29.0. The molecule has 50 heavy (non-hydrogen) atoms. The molecule has 4 amide bonds. The van der Waals surface area contributed by atoms with Crippen molar-refractivity contribution in [2.45, 2.75) is 108 Å². The van der Waals surface area contributed by atoms with Gasteiger partial charge in [-0.25, -0.2) is 0 Å². The number of carbonyl (C=O) groups is 5. The van der Waals surface area contributed by atoms with Crippen LogP contribution in [0.2, 0.25) is 5.02 Å². The Kier molecular flexibility index (Phi) is 10.1. The standard InChI is InChI=1S/C38H46ClN5O6/c1-5-10-28(31(45)35(48)40-25-15-16-25)41-34(47)30-20-38(19-29(43-50-38)23-13-9-14-24(39)17-23)21-44(30)36(49)32(37(2,3)4)42-33(46)27-18-26(27)22-11-7-6-8-12-22/h6-9,11-14,17,25-28,30,32H,5,10,15-16,18-21H2,1-4H3,(H,40,48)(H,41,47)(H,42,46)/t26?,27-,28-,30-,32+,38+/m0/s1. The molecule has 1 unspecified atom stereocenters. The monoisotopic (exact) mass is 703 g/mol. The lowest BCUT2D eigenvalue weighted by Crippen LogP contribution is -2.59. The third-order valence-corrected chi connectivity index (χ3v) is 10.3. The van der Waals surface area contributed by atoms with Crippen LogP contribution < -0.4 is 16.0 Å². The minimum Gasteiger partial charge on any atom is -0.387 e. The number of benzene rings is 2. The zero-order valence-corrected chi connectivity index (χ0v) is 29.8. The van der Waals surface area contributed by atoms with Crippen molar-refractivity contribution in [1.82, 2.24) is 20.9 Å². The third-order valence-electron chi connectivity index (χ3n) is 10.1. The number of nitrogens with zero attached hydrogens (tertiary/aromatic N) is 2. The van der Waals surface area contributed by atoms with Gasteiger partial charge in [0.05, 0.1) is 18.3 Å². The fraction of sp³-hybridized carbons (Fsp3) is 0.526. The van der Waals surface area contributed by atoms with Crippen LogP contribution in [0.15, 0.2) is 59.8 Å². The Morgan fingerprint density at radius 1 is 1.02 bits per heavy atom. The van der Waals surface area contributed by atoms with Crippen LogP contribution in [0.3, 0.4) is 0 Å². The summed E-state index contributed by atoms with van der Waals surface area (Å²) in [5.41, 5.74) is 0.761. The lowest BCUT2D eigenvalue weighted by atomic mass is 9.85. The first kappa shape index (κ1) is 35.6. The molecule has 266 valence electrons. The van der Waals surface area contributed by atoms with Crippen molar-refractivity contribution in [3.05, 3.63) is 70.7 Å². The Hall–Kier alpha value is -4.25. The largest absolute Gasteiger partial charge is 0.387 e. The second-order valence-electron chi connectivity index (χ2n) is 15.3. The maximum Gasteiger partial charge on any atom is 0.289 e. The van der Waals surface area contributed by atoms with Crippen LogP contribution >= 0.6 is 11.6 Å². The van der Waals surface area contributed by atoms with Crippen molar-refractivity contribution in [2.24, 2.45) is 16.5 Å². The van der Waals surface area contributed by atoms with Gasteiger partial charge >= 0.3 is 0 Å². The Labute approximate surface area is 297 Å². The van der Waals surface area contributed by atoms with Gasteiger partial charge in [0.25, 0.3) is 5.91 Å². The minimum atomic E-state index is -1.05. The summed E-state index contributed by atoms with van der Waals surface area (Å²) in [6.45, 7) is 7.52. The Bertz CT molecular complexity index is 1690. The molecule has 2 aromatic carbocycles. The number of likely N-dealkylation sites (tertiary alicyclic amines) is 1. The third kappa shape index (κ3) is 7.88. The fourth-order valence-electron chi connectivity index (χ4n) is 7.04. The number of oxime groups is 1. The van der Waals surface area contributed by atoms with Crippen LogP contribution in [0.4, 0.5) is 0 Å². The number of carbonyl (C=O) groups excluding carboxylic acids is 5. The highest BCUT2D eigenvalue weighted by Crippen LogP contribution is 2.48. The molecule has 11 nitrogen and oxygen atoms in total. The van der Waals surface area contributed by atoms with Gasteiger partial charge in [0.1, 0.15) is 12.1 Å². The Morgan fingerprint density at radius 2 is 1.76 bits per heavy atom. The van der Waals surface area contributed by atoms with Crippen molar-refractivity contribution in [3.63, 3.8) is 0 Å². The van der Waals surface area contributed by atoms with Gasteiger partial charge in [-0.05, 0) is 54.7 Å². The molecule has 2 saturated carbocycles. The van der Waals surface area contributed by atoms with Gasteiger partial charge in [0.15, 0.2) is 5.60 Å². The van der Waals surface area contributed by atoms with Crippen LogP contribution in [0.1, 0.15) is 89.7 Å². The van der Waals surface area contributed by atoms with E-state index in [2.05, 4.69) is 21.1 Å². The van der Waals surface area contributed by atoms with E-state index in [1.54, 1.807) is 12.1 Å². The molecule has 2 aromatic rings. The van der Waals surface area contributed by atoms with Crippen molar-refractivity contribution >= 4 is 46.7 Å². The van der Waals surface area contributed by atoms with Gasteiger partial charge in [-0.15, -0.1) is 0 Å². The van der Waals surface area contributed by atoms with Crippen molar-refractivity contribution in [1.29, 1.82) is 0 Å². The highest BCUT2D eigenvalue weighted by atomic mass is 35.5. The lowest BCUT2D eigenvalue weighted by molar-refractivity contribution is -0.145. The van der Waals surface area contributed by atoms with Crippen LogP contribution in [-0.2, 0) is 28.8 Å². The first-order chi connectivity index (χ1) is 23.8. The molecular formula is C38H46ClN5O6. The number of ketones is 1. The van der Waals surface area contributed by atoms with Crippen molar-refractivity contribution in [2.75, 3.05) is 6.54 Å². The molecule has 1 spiro atoms. The summed E-state index contributed by atoms with van der Waals surface area (Å²) in [6.07, 6.45) is 3.56. The lowest BCUT2D eigenvalue weighted by Gasteiger charge is -2.35. The summed E-state index contributed by atoms with van der Waals surface area (Å²) in [4.78, 5) is 75.8. The predicted molar refractivity (Wildman–Crippen MR) is 188 cm³/mol. The van der Waals surface area contributed by atoms with Crippen LogP contribution in [0, 0.1) is 11.3 Å². The van der Waals surface area contributed by atoms with E-state index in [9.17, 15) is 24.0 Å². The van der Waals surface area contributed by atoms with Crippen molar-refractivity contribution in [3.8, 4) is 0 Å². The summed E-state index contributed by atoms with van der Waals surface area (Å²) < 4.78 is 0. The van der Waals surface area contributed by atoms with Gasteiger partial charge in [0.2, 0.25) is 23.5 Å². The van der Waals surface area contributed by atoms with E-state index >= 15 is 0 Å². The molecule has 2 aliphatic heterocycles. The molecule has 1 saturated heterocycles. The summed E-state index contributed by atoms with van der Waals surface area (Å²) in [7, 11) is 0.